The topological polar surface area (TPSA) is 59.3 Å². The van der Waals surface area contributed by atoms with Gasteiger partial charge < -0.3 is 4.42 Å². The van der Waals surface area contributed by atoms with Crippen LogP contribution in [0.5, 0.6) is 0 Å². The van der Waals surface area contributed by atoms with E-state index in [1.165, 1.54) is 11.3 Å². The smallest absolute Gasteiger partial charge is 0.216 e. The Morgan fingerprint density at radius 2 is 1.96 bits per heavy atom. The van der Waals surface area contributed by atoms with Crippen molar-refractivity contribution in [2.75, 3.05) is 0 Å². The average molecular weight is 369 g/mol. The van der Waals surface area contributed by atoms with Crippen molar-refractivity contribution in [1.29, 1.82) is 0 Å². The Balaban J connectivity index is 1.66. The van der Waals surface area contributed by atoms with E-state index in [1.54, 1.807) is 12.1 Å². The van der Waals surface area contributed by atoms with Crippen LogP contribution in [0.25, 0.3) is 10.6 Å². The lowest BCUT2D eigenvalue weighted by Gasteiger charge is -2.06. The van der Waals surface area contributed by atoms with Crippen LogP contribution in [0.2, 0.25) is 0 Å². The second-order valence-corrected chi connectivity index (χ2v) is 7.81. The highest BCUT2D eigenvalue weighted by Gasteiger charge is 2.16. The standard InChI is InChI=1S/C16H13F2NO3S2/c17-12-3-5-14(18)11(8-12)10-24(20,21)19-9-13-4-6-15(22-13)16-2-1-7-23-16/h1-8,19H,9-10H2. The second kappa shape index (κ2) is 6.84. The summed E-state index contributed by atoms with van der Waals surface area (Å²) in [6.45, 7) is -0.0648. The van der Waals surface area contributed by atoms with Crippen LogP contribution < -0.4 is 4.72 Å². The molecule has 0 aliphatic heterocycles. The van der Waals surface area contributed by atoms with E-state index in [1.807, 2.05) is 17.5 Å². The zero-order chi connectivity index (χ0) is 17.2. The van der Waals surface area contributed by atoms with Gasteiger partial charge in [0.05, 0.1) is 17.2 Å². The molecular formula is C16H13F2NO3S2. The Bertz CT molecular complexity index is 934. The summed E-state index contributed by atoms with van der Waals surface area (Å²) in [6, 6.07) is 9.91. The van der Waals surface area contributed by atoms with E-state index in [0.29, 0.717) is 11.5 Å². The number of thiophene rings is 1. The van der Waals surface area contributed by atoms with Gasteiger partial charge in [0.15, 0.2) is 0 Å². The van der Waals surface area contributed by atoms with E-state index in [-0.39, 0.29) is 12.1 Å². The van der Waals surface area contributed by atoms with Crippen LogP contribution in [-0.2, 0) is 22.3 Å². The van der Waals surface area contributed by atoms with Crippen molar-refractivity contribution in [2.45, 2.75) is 12.3 Å². The van der Waals surface area contributed by atoms with Crippen LogP contribution in [0.1, 0.15) is 11.3 Å². The van der Waals surface area contributed by atoms with Crippen molar-refractivity contribution < 1.29 is 21.6 Å². The van der Waals surface area contributed by atoms with Crippen LogP contribution in [0.15, 0.2) is 52.3 Å². The first-order valence-corrected chi connectivity index (χ1v) is 9.50. The van der Waals surface area contributed by atoms with Crippen molar-refractivity contribution in [3.8, 4) is 10.6 Å². The van der Waals surface area contributed by atoms with Gasteiger partial charge in [-0.3, -0.25) is 0 Å². The van der Waals surface area contributed by atoms with Gasteiger partial charge in [-0.2, -0.15) is 0 Å². The van der Waals surface area contributed by atoms with Gasteiger partial charge in [0.2, 0.25) is 10.0 Å². The summed E-state index contributed by atoms with van der Waals surface area (Å²) in [4.78, 5) is 0.936. The molecule has 24 heavy (non-hydrogen) atoms. The molecule has 0 radical (unpaired) electrons. The lowest BCUT2D eigenvalue weighted by molar-refractivity contribution is 0.509. The molecule has 2 heterocycles. The van der Waals surface area contributed by atoms with Crippen molar-refractivity contribution in [3.63, 3.8) is 0 Å². The maximum absolute atomic E-state index is 13.5. The Kier molecular flexibility index (Phi) is 4.79. The third-order valence-corrected chi connectivity index (χ3v) is 5.40. The minimum Gasteiger partial charge on any atom is -0.459 e. The number of benzene rings is 1. The van der Waals surface area contributed by atoms with Gasteiger partial charge in [-0.25, -0.2) is 21.9 Å². The number of furan rings is 1. The minimum absolute atomic E-state index is 0.0648. The van der Waals surface area contributed by atoms with Crippen LogP contribution in [0.4, 0.5) is 8.78 Å². The van der Waals surface area contributed by atoms with Gasteiger partial charge in [-0.15, -0.1) is 11.3 Å². The molecule has 0 fully saturated rings. The number of hydrogen-bond donors (Lipinski definition) is 1. The van der Waals surface area contributed by atoms with Crippen molar-refractivity contribution in [3.05, 3.63) is 70.8 Å². The van der Waals surface area contributed by atoms with E-state index >= 15 is 0 Å². The molecule has 0 amide bonds. The summed E-state index contributed by atoms with van der Waals surface area (Å²) in [6.07, 6.45) is 0. The monoisotopic (exact) mass is 369 g/mol. The van der Waals surface area contributed by atoms with Gasteiger partial charge in [-0.1, -0.05) is 6.07 Å². The third-order valence-electron chi connectivity index (χ3n) is 3.25. The predicted octanol–water partition coefficient (Wildman–Crippen LogP) is 3.91. The van der Waals surface area contributed by atoms with Gasteiger partial charge in [0, 0.05) is 5.56 Å². The first-order chi connectivity index (χ1) is 11.4. The van der Waals surface area contributed by atoms with Gasteiger partial charge >= 0.3 is 0 Å². The molecule has 0 bridgehead atoms. The molecule has 0 atom stereocenters. The Labute approximate surface area is 141 Å². The quantitative estimate of drug-likeness (QED) is 0.717. The molecule has 0 saturated carbocycles. The van der Waals surface area contributed by atoms with Crippen LogP contribution >= 0.6 is 11.3 Å². The van der Waals surface area contributed by atoms with E-state index in [0.717, 1.165) is 23.1 Å². The normalized spacial score (nSPS) is 11.8. The number of sulfonamides is 1. The molecule has 1 N–H and O–H groups in total. The second-order valence-electron chi connectivity index (χ2n) is 5.06. The lowest BCUT2D eigenvalue weighted by atomic mass is 10.2. The fourth-order valence-electron chi connectivity index (χ4n) is 2.11. The molecule has 2 aromatic heterocycles. The summed E-state index contributed by atoms with van der Waals surface area (Å²) < 4.78 is 58.6. The van der Waals surface area contributed by atoms with E-state index in [9.17, 15) is 17.2 Å². The molecule has 8 heteroatoms. The van der Waals surface area contributed by atoms with Gasteiger partial charge in [-0.05, 0) is 41.8 Å². The molecule has 126 valence electrons. The lowest BCUT2D eigenvalue weighted by Crippen LogP contribution is -2.25. The summed E-state index contributed by atoms with van der Waals surface area (Å²) in [5, 5.41) is 1.91. The molecule has 0 saturated heterocycles. The van der Waals surface area contributed by atoms with Crippen LogP contribution in [0, 0.1) is 11.6 Å². The number of hydrogen-bond acceptors (Lipinski definition) is 4. The summed E-state index contributed by atoms with van der Waals surface area (Å²) >= 11 is 1.51. The maximum atomic E-state index is 13.5. The molecule has 1 aromatic carbocycles. The first-order valence-electron chi connectivity index (χ1n) is 6.97. The van der Waals surface area contributed by atoms with Crippen LogP contribution in [0.3, 0.4) is 0 Å². The average Bonchev–Trinajstić information content (AvgIpc) is 3.19. The van der Waals surface area contributed by atoms with Crippen molar-refractivity contribution >= 4 is 21.4 Å². The van der Waals surface area contributed by atoms with Crippen molar-refractivity contribution in [1.82, 2.24) is 4.72 Å². The zero-order valence-electron chi connectivity index (χ0n) is 12.3. The third kappa shape index (κ3) is 4.08. The van der Waals surface area contributed by atoms with Crippen LogP contribution in [-0.4, -0.2) is 8.42 Å². The maximum Gasteiger partial charge on any atom is 0.216 e. The molecule has 3 aromatic rings. The Morgan fingerprint density at radius 3 is 2.71 bits per heavy atom. The molecule has 0 unspecified atom stereocenters. The number of halogens is 2. The highest BCUT2D eigenvalue weighted by Crippen LogP contribution is 2.26. The highest BCUT2D eigenvalue weighted by molar-refractivity contribution is 7.88. The van der Waals surface area contributed by atoms with Gasteiger partial charge in [0.1, 0.15) is 23.2 Å². The minimum atomic E-state index is -3.83. The fraction of sp³-hybridized carbons (Fsp3) is 0.125. The highest BCUT2D eigenvalue weighted by atomic mass is 32.2. The molecule has 3 rings (SSSR count). The van der Waals surface area contributed by atoms with E-state index in [2.05, 4.69) is 4.72 Å². The van der Waals surface area contributed by atoms with Gasteiger partial charge in [0.25, 0.3) is 0 Å². The summed E-state index contributed by atoms with van der Waals surface area (Å²) in [5.74, 6) is -1.01. The fourth-order valence-corrected chi connectivity index (χ4v) is 3.90. The number of rotatable bonds is 6. The first kappa shape index (κ1) is 16.8. The molecule has 0 aliphatic rings. The zero-order valence-corrected chi connectivity index (χ0v) is 14.0. The predicted molar refractivity (Wildman–Crippen MR) is 87.8 cm³/mol. The Morgan fingerprint density at radius 1 is 1.12 bits per heavy atom. The SMILES string of the molecule is O=S(=O)(Cc1cc(F)ccc1F)NCc1ccc(-c2cccs2)o1. The molecule has 0 spiro atoms. The Hall–Kier alpha value is -2.03. The van der Waals surface area contributed by atoms with Crippen molar-refractivity contribution in [2.24, 2.45) is 0 Å². The molecule has 4 nitrogen and oxygen atoms in total. The largest absolute Gasteiger partial charge is 0.459 e. The van der Waals surface area contributed by atoms with E-state index in [4.69, 9.17) is 4.42 Å². The molecule has 0 aliphatic carbocycles. The summed E-state index contributed by atoms with van der Waals surface area (Å²) in [5.41, 5.74) is -0.221. The number of nitrogens with one attached hydrogen (secondary N) is 1. The molecular weight excluding hydrogens is 356 g/mol. The summed E-state index contributed by atoms with van der Waals surface area (Å²) in [7, 11) is -3.83. The van der Waals surface area contributed by atoms with E-state index < -0.39 is 27.4 Å².